The number of aryl methyl sites for hydroxylation is 1. The largest absolute Gasteiger partial charge is 0.398 e. The monoisotopic (exact) mass is 314 g/mol. The molecule has 0 aliphatic heterocycles. The van der Waals surface area contributed by atoms with Gasteiger partial charge in [-0.05, 0) is 55.4 Å². The van der Waals surface area contributed by atoms with Crippen LogP contribution in [0.1, 0.15) is 37.8 Å². The summed E-state index contributed by atoms with van der Waals surface area (Å²) in [6.07, 6.45) is 1.41. The molecule has 0 fully saturated rings. The van der Waals surface area contributed by atoms with E-state index in [-0.39, 0.29) is 16.9 Å². The second kappa shape index (κ2) is 6.77. The Hall–Kier alpha value is -1.11. The SMILES string of the molecule is Cc1cc(S(=O)(=O)NCC(C)(C)CCCO)cc(N)c1C. The van der Waals surface area contributed by atoms with Gasteiger partial charge in [0.2, 0.25) is 10.0 Å². The van der Waals surface area contributed by atoms with Gasteiger partial charge >= 0.3 is 0 Å². The first-order valence-corrected chi connectivity index (χ1v) is 8.55. The van der Waals surface area contributed by atoms with Crippen LogP contribution in [0.2, 0.25) is 0 Å². The Balaban J connectivity index is 2.88. The Bertz CT molecular complexity index is 572. The van der Waals surface area contributed by atoms with Crippen LogP contribution in [-0.2, 0) is 10.0 Å². The van der Waals surface area contributed by atoms with Gasteiger partial charge in [-0.1, -0.05) is 13.8 Å². The fourth-order valence-corrected chi connectivity index (χ4v) is 3.39. The van der Waals surface area contributed by atoms with E-state index in [1.165, 1.54) is 6.07 Å². The molecule has 0 bridgehead atoms. The highest BCUT2D eigenvalue weighted by molar-refractivity contribution is 7.89. The van der Waals surface area contributed by atoms with Gasteiger partial charge in [0, 0.05) is 18.8 Å². The van der Waals surface area contributed by atoms with E-state index in [0.29, 0.717) is 18.7 Å². The van der Waals surface area contributed by atoms with E-state index >= 15 is 0 Å². The van der Waals surface area contributed by atoms with Crippen molar-refractivity contribution in [2.75, 3.05) is 18.9 Å². The summed E-state index contributed by atoms with van der Waals surface area (Å²) < 4.78 is 27.3. The van der Waals surface area contributed by atoms with Crippen LogP contribution in [-0.4, -0.2) is 26.7 Å². The highest BCUT2D eigenvalue weighted by atomic mass is 32.2. The zero-order chi connectivity index (χ0) is 16.3. The predicted octanol–water partition coefficient (Wildman–Crippen LogP) is 1.96. The summed E-state index contributed by atoms with van der Waals surface area (Å²) in [5.74, 6) is 0. The van der Waals surface area contributed by atoms with Crippen molar-refractivity contribution in [3.63, 3.8) is 0 Å². The normalized spacial score (nSPS) is 12.6. The summed E-state index contributed by atoms with van der Waals surface area (Å²) in [4.78, 5) is 0.195. The molecule has 0 saturated heterocycles. The lowest BCUT2D eigenvalue weighted by molar-refractivity contribution is 0.242. The smallest absolute Gasteiger partial charge is 0.240 e. The number of aliphatic hydroxyl groups excluding tert-OH is 1. The Morgan fingerprint density at radius 2 is 1.90 bits per heavy atom. The number of nitrogens with one attached hydrogen (secondary N) is 1. The van der Waals surface area contributed by atoms with Gasteiger partial charge in [-0.15, -0.1) is 0 Å². The van der Waals surface area contributed by atoms with Gasteiger partial charge in [0.05, 0.1) is 4.90 Å². The molecule has 0 radical (unpaired) electrons. The maximum Gasteiger partial charge on any atom is 0.240 e. The van der Waals surface area contributed by atoms with Crippen molar-refractivity contribution in [2.24, 2.45) is 5.41 Å². The molecule has 0 unspecified atom stereocenters. The van der Waals surface area contributed by atoms with Crippen LogP contribution in [0.25, 0.3) is 0 Å². The average Bonchev–Trinajstić information content (AvgIpc) is 2.40. The lowest BCUT2D eigenvalue weighted by Crippen LogP contribution is -2.34. The van der Waals surface area contributed by atoms with Crippen molar-refractivity contribution in [3.05, 3.63) is 23.3 Å². The van der Waals surface area contributed by atoms with Crippen LogP contribution in [0.4, 0.5) is 5.69 Å². The molecule has 0 aliphatic carbocycles. The zero-order valence-corrected chi connectivity index (χ0v) is 14.0. The van der Waals surface area contributed by atoms with Gasteiger partial charge in [-0.25, -0.2) is 13.1 Å². The molecule has 120 valence electrons. The summed E-state index contributed by atoms with van der Waals surface area (Å²) in [6.45, 7) is 8.09. The average molecular weight is 314 g/mol. The third-order valence-corrected chi connectivity index (χ3v) is 5.12. The zero-order valence-electron chi connectivity index (χ0n) is 13.2. The number of rotatable bonds is 7. The number of anilines is 1. The Kier molecular flexibility index (Phi) is 5.78. The van der Waals surface area contributed by atoms with E-state index in [0.717, 1.165) is 17.5 Å². The van der Waals surface area contributed by atoms with Gasteiger partial charge in [0.25, 0.3) is 0 Å². The third kappa shape index (κ3) is 4.98. The minimum atomic E-state index is -3.57. The van der Waals surface area contributed by atoms with Crippen LogP contribution < -0.4 is 10.5 Å². The Morgan fingerprint density at radius 3 is 2.43 bits per heavy atom. The topological polar surface area (TPSA) is 92.4 Å². The number of nitrogens with two attached hydrogens (primary N) is 1. The molecule has 0 spiro atoms. The molecule has 0 aliphatic rings. The molecule has 0 amide bonds. The number of hydrogen-bond donors (Lipinski definition) is 3. The maximum absolute atomic E-state index is 12.4. The molecular weight excluding hydrogens is 288 g/mol. The van der Waals surface area contributed by atoms with Gasteiger partial charge in [0.1, 0.15) is 0 Å². The number of hydrogen-bond acceptors (Lipinski definition) is 4. The van der Waals surface area contributed by atoms with Crippen molar-refractivity contribution in [3.8, 4) is 0 Å². The number of nitrogen functional groups attached to an aromatic ring is 1. The first kappa shape index (κ1) is 17.9. The number of sulfonamides is 1. The second-order valence-electron chi connectivity index (χ2n) is 6.27. The van der Waals surface area contributed by atoms with Crippen molar-refractivity contribution >= 4 is 15.7 Å². The lowest BCUT2D eigenvalue weighted by Gasteiger charge is -2.24. The maximum atomic E-state index is 12.4. The van der Waals surface area contributed by atoms with E-state index in [4.69, 9.17) is 10.8 Å². The standard InChI is InChI=1S/C15H26N2O3S/c1-11-8-13(9-14(16)12(11)2)21(19,20)17-10-15(3,4)6-5-7-18/h8-9,17-18H,5-7,10,16H2,1-4H3. The van der Waals surface area contributed by atoms with Gasteiger partial charge < -0.3 is 10.8 Å². The van der Waals surface area contributed by atoms with Crippen molar-refractivity contribution in [1.29, 1.82) is 0 Å². The predicted molar refractivity (Wildman–Crippen MR) is 85.6 cm³/mol. The van der Waals surface area contributed by atoms with Gasteiger partial charge in [0.15, 0.2) is 0 Å². The van der Waals surface area contributed by atoms with Crippen molar-refractivity contribution < 1.29 is 13.5 Å². The molecule has 5 nitrogen and oxygen atoms in total. The van der Waals surface area contributed by atoms with Crippen molar-refractivity contribution in [1.82, 2.24) is 4.72 Å². The minimum Gasteiger partial charge on any atom is -0.398 e. The lowest BCUT2D eigenvalue weighted by atomic mass is 9.88. The Labute approximate surface area is 127 Å². The molecule has 4 N–H and O–H groups in total. The fourth-order valence-electron chi connectivity index (χ4n) is 2.03. The van der Waals surface area contributed by atoms with Crippen LogP contribution in [0, 0.1) is 19.3 Å². The van der Waals surface area contributed by atoms with Crippen LogP contribution in [0.5, 0.6) is 0 Å². The first-order valence-electron chi connectivity index (χ1n) is 7.06. The highest BCUT2D eigenvalue weighted by Gasteiger charge is 2.22. The molecule has 1 aromatic rings. The highest BCUT2D eigenvalue weighted by Crippen LogP contribution is 2.24. The minimum absolute atomic E-state index is 0.115. The molecule has 21 heavy (non-hydrogen) atoms. The molecule has 0 saturated carbocycles. The van der Waals surface area contributed by atoms with E-state index < -0.39 is 10.0 Å². The van der Waals surface area contributed by atoms with E-state index in [2.05, 4.69) is 4.72 Å². The summed E-state index contributed by atoms with van der Waals surface area (Å²) in [5, 5.41) is 8.87. The van der Waals surface area contributed by atoms with Crippen molar-refractivity contribution in [2.45, 2.75) is 45.4 Å². The van der Waals surface area contributed by atoms with Gasteiger partial charge in [-0.3, -0.25) is 0 Å². The van der Waals surface area contributed by atoms with Crippen LogP contribution >= 0.6 is 0 Å². The van der Waals surface area contributed by atoms with Crippen LogP contribution in [0.15, 0.2) is 17.0 Å². The van der Waals surface area contributed by atoms with E-state index in [1.54, 1.807) is 6.07 Å². The molecular formula is C15H26N2O3S. The summed E-state index contributed by atoms with van der Waals surface area (Å²) in [6, 6.07) is 3.13. The van der Waals surface area contributed by atoms with E-state index in [1.807, 2.05) is 27.7 Å². The summed E-state index contributed by atoms with van der Waals surface area (Å²) in [7, 11) is -3.57. The first-order chi connectivity index (χ1) is 9.59. The molecule has 6 heteroatoms. The number of aliphatic hydroxyl groups is 1. The molecule has 1 rings (SSSR count). The molecule has 1 aromatic carbocycles. The summed E-state index contributed by atoms with van der Waals surface area (Å²) >= 11 is 0. The Morgan fingerprint density at radius 1 is 1.29 bits per heavy atom. The molecule has 0 aromatic heterocycles. The molecule has 0 heterocycles. The number of benzene rings is 1. The van der Waals surface area contributed by atoms with Crippen LogP contribution in [0.3, 0.4) is 0 Å². The molecule has 0 atom stereocenters. The summed E-state index contributed by atoms with van der Waals surface area (Å²) in [5.41, 5.74) is 7.88. The fraction of sp³-hybridized carbons (Fsp3) is 0.600. The van der Waals surface area contributed by atoms with E-state index in [9.17, 15) is 8.42 Å². The third-order valence-electron chi connectivity index (χ3n) is 3.74. The quantitative estimate of drug-likeness (QED) is 0.671. The second-order valence-corrected chi connectivity index (χ2v) is 8.04. The van der Waals surface area contributed by atoms with Gasteiger partial charge in [-0.2, -0.15) is 0 Å².